The molecule has 5 rings (SSSR count). The number of morpholine rings is 1. The standard InChI is InChI=1S/C26H23FN6O2/c27-23-4-2-1-3-22(23)19-13-20(16-28-15-19)31-26(34)18-7-8-29-25(14-18)32-24-6-5-21(17-30-24)33-9-11-35-12-10-33/h1-8,13-17H,9-12H2,(H,31,34)(H,29,30,32). The molecule has 1 aliphatic rings. The minimum Gasteiger partial charge on any atom is -0.378 e. The highest BCUT2D eigenvalue weighted by atomic mass is 19.1. The van der Waals surface area contributed by atoms with E-state index >= 15 is 0 Å². The van der Waals surface area contributed by atoms with E-state index in [1.54, 1.807) is 55.0 Å². The Morgan fingerprint density at radius 3 is 2.60 bits per heavy atom. The fourth-order valence-corrected chi connectivity index (χ4v) is 3.79. The van der Waals surface area contributed by atoms with Gasteiger partial charge in [0.2, 0.25) is 0 Å². The van der Waals surface area contributed by atoms with Gasteiger partial charge >= 0.3 is 0 Å². The molecule has 0 radical (unpaired) electrons. The van der Waals surface area contributed by atoms with E-state index in [4.69, 9.17) is 4.74 Å². The van der Waals surface area contributed by atoms with Crippen LogP contribution in [0.1, 0.15) is 10.4 Å². The number of carbonyl (C=O) groups is 1. The molecule has 9 heteroatoms. The molecule has 2 N–H and O–H groups in total. The van der Waals surface area contributed by atoms with E-state index in [-0.39, 0.29) is 11.7 Å². The number of hydrogen-bond acceptors (Lipinski definition) is 7. The van der Waals surface area contributed by atoms with Gasteiger partial charge in [-0.25, -0.2) is 14.4 Å². The number of benzene rings is 1. The van der Waals surface area contributed by atoms with Gasteiger partial charge in [-0.15, -0.1) is 0 Å². The Hall–Kier alpha value is -4.37. The highest BCUT2D eigenvalue weighted by Gasteiger charge is 2.13. The van der Waals surface area contributed by atoms with Crippen LogP contribution >= 0.6 is 0 Å². The largest absolute Gasteiger partial charge is 0.378 e. The van der Waals surface area contributed by atoms with Gasteiger partial charge in [0.15, 0.2) is 0 Å². The van der Waals surface area contributed by atoms with Crippen LogP contribution in [0.2, 0.25) is 0 Å². The lowest BCUT2D eigenvalue weighted by atomic mass is 10.1. The first kappa shape index (κ1) is 22.4. The van der Waals surface area contributed by atoms with Gasteiger partial charge in [0.25, 0.3) is 5.91 Å². The van der Waals surface area contributed by atoms with Crippen LogP contribution in [0.15, 0.2) is 79.4 Å². The van der Waals surface area contributed by atoms with E-state index in [0.29, 0.717) is 47.2 Å². The highest BCUT2D eigenvalue weighted by molar-refractivity contribution is 6.04. The van der Waals surface area contributed by atoms with Gasteiger partial charge in [-0.1, -0.05) is 18.2 Å². The highest BCUT2D eigenvalue weighted by Crippen LogP contribution is 2.25. The summed E-state index contributed by atoms with van der Waals surface area (Å²) in [6.45, 7) is 3.10. The number of anilines is 4. The molecule has 35 heavy (non-hydrogen) atoms. The number of nitrogens with zero attached hydrogens (tertiary/aromatic N) is 4. The van der Waals surface area contributed by atoms with E-state index in [2.05, 4.69) is 30.5 Å². The van der Waals surface area contributed by atoms with Gasteiger partial charge in [0.05, 0.1) is 37.0 Å². The number of rotatable bonds is 6. The first-order valence-electron chi connectivity index (χ1n) is 11.2. The molecule has 0 spiro atoms. The van der Waals surface area contributed by atoms with Crippen molar-refractivity contribution < 1.29 is 13.9 Å². The van der Waals surface area contributed by atoms with Crippen molar-refractivity contribution in [2.24, 2.45) is 0 Å². The van der Waals surface area contributed by atoms with Crippen LogP contribution in [0.4, 0.5) is 27.4 Å². The molecule has 0 atom stereocenters. The Kier molecular flexibility index (Phi) is 6.58. The predicted molar refractivity (Wildman–Crippen MR) is 132 cm³/mol. The quantitative estimate of drug-likeness (QED) is 0.428. The van der Waals surface area contributed by atoms with Crippen molar-refractivity contribution in [2.75, 3.05) is 41.8 Å². The summed E-state index contributed by atoms with van der Waals surface area (Å²) in [7, 11) is 0. The molecule has 0 bridgehead atoms. The topological polar surface area (TPSA) is 92.3 Å². The maximum Gasteiger partial charge on any atom is 0.255 e. The third-order valence-electron chi connectivity index (χ3n) is 5.58. The lowest BCUT2D eigenvalue weighted by molar-refractivity contribution is 0.102. The van der Waals surface area contributed by atoms with Gasteiger partial charge in [-0.3, -0.25) is 9.78 Å². The molecule has 4 aromatic rings. The second-order valence-electron chi connectivity index (χ2n) is 7.95. The number of ether oxygens (including phenoxy) is 1. The Balaban J connectivity index is 1.26. The summed E-state index contributed by atoms with van der Waals surface area (Å²) in [4.78, 5) is 28.0. The molecular formula is C26H23FN6O2. The average Bonchev–Trinajstić information content (AvgIpc) is 2.90. The zero-order valence-electron chi connectivity index (χ0n) is 18.8. The first-order chi connectivity index (χ1) is 17.2. The number of hydrogen-bond donors (Lipinski definition) is 2. The summed E-state index contributed by atoms with van der Waals surface area (Å²) in [5, 5.41) is 5.94. The Bertz CT molecular complexity index is 1330. The number of carbonyl (C=O) groups excluding carboxylic acids is 1. The van der Waals surface area contributed by atoms with Crippen LogP contribution in [0.3, 0.4) is 0 Å². The predicted octanol–water partition coefficient (Wildman–Crippen LogP) is 4.51. The lowest BCUT2D eigenvalue weighted by Gasteiger charge is -2.28. The molecule has 1 saturated heterocycles. The third kappa shape index (κ3) is 5.42. The van der Waals surface area contributed by atoms with Crippen molar-refractivity contribution in [3.8, 4) is 11.1 Å². The molecule has 0 unspecified atom stereocenters. The average molecular weight is 471 g/mol. The van der Waals surface area contributed by atoms with Gasteiger partial charge in [0, 0.05) is 42.2 Å². The Morgan fingerprint density at radius 2 is 1.80 bits per heavy atom. The molecule has 0 aliphatic carbocycles. The number of pyridine rings is 3. The number of amides is 1. The summed E-state index contributed by atoms with van der Waals surface area (Å²) in [5.41, 5.74) is 2.89. The minimum atomic E-state index is -0.353. The number of nitrogens with one attached hydrogen (secondary N) is 2. The second-order valence-corrected chi connectivity index (χ2v) is 7.95. The van der Waals surface area contributed by atoms with E-state index in [1.807, 2.05) is 12.1 Å². The smallest absolute Gasteiger partial charge is 0.255 e. The van der Waals surface area contributed by atoms with Crippen LogP contribution < -0.4 is 15.5 Å². The van der Waals surface area contributed by atoms with Crippen molar-refractivity contribution in [1.29, 1.82) is 0 Å². The van der Waals surface area contributed by atoms with Crippen LogP contribution in [0.5, 0.6) is 0 Å². The third-order valence-corrected chi connectivity index (χ3v) is 5.58. The fraction of sp³-hybridized carbons (Fsp3) is 0.154. The molecule has 1 aromatic carbocycles. The van der Waals surface area contributed by atoms with E-state index < -0.39 is 0 Å². The second kappa shape index (κ2) is 10.3. The van der Waals surface area contributed by atoms with Crippen LogP contribution in [-0.2, 0) is 4.74 Å². The van der Waals surface area contributed by atoms with E-state index in [9.17, 15) is 9.18 Å². The molecule has 1 amide bonds. The Morgan fingerprint density at radius 1 is 0.943 bits per heavy atom. The number of halogens is 1. The van der Waals surface area contributed by atoms with Crippen molar-refractivity contribution >= 4 is 28.9 Å². The maximum absolute atomic E-state index is 14.1. The lowest BCUT2D eigenvalue weighted by Crippen LogP contribution is -2.36. The SMILES string of the molecule is O=C(Nc1cncc(-c2ccccc2F)c1)c1ccnc(Nc2ccc(N3CCOCC3)cn2)c1. The van der Waals surface area contributed by atoms with Crippen molar-refractivity contribution in [2.45, 2.75) is 0 Å². The molecule has 1 fully saturated rings. The molecule has 3 aromatic heterocycles. The summed E-state index contributed by atoms with van der Waals surface area (Å²) in [6.07, 6.45) is 6.43. The van der Waals surface area contributed by atoms with Crippen molar-refractivity contribution in [3.05, 3.63) is 90.8 Å². The van der Waals surface area contributed by atoms with Gasteiger partial charge in [0.1, 0.15) is 17.5 Å². The minimum absolute atomic E-state index is 0.335. The molecule has 1 aliphatic heterocycles. The van der Waals surface area contributed by atoms with E-state index in [1.165, 1.54) is 12.3 Å². The van der Waals surface area contributed by atoms with Gasteiger partial charge < -0.3 is 20.3 Å². The van der Waals surface area contributed by atoms with E-state index in [0.717, 1.165) is 18.8 Å². The summed E-state index contributed by atoms with van der Waals surface area (Å²) >= 11 is 0. The maximum atomic E-state index is 14.1. The summed E-state index contributed by atoms with van der Waals surface area (Å²) in [6, 6.07) is 15.2. The van der Waals surface area contributed by atoms with Gasteiger partial charge in [-0.05, 0) is 36.4 Å². The number of aromatic nitrogens is 3. The fourth-order valence-electron chi connectivity index (χ4n) is 3.79. The first-order valence-corrected chi connectivity index (χ1v) is 11.2. The van der Waals surface area contributed by atoms with Crippen molar-refractivity contribution in [3.63, 3.8) is 0 Å². The molecule has 4 heterocycles. The summed E-state index contributed by atoms with van der Waals surface area (Å²) in [5.74, 6) is 0.420. The zero-order chi connectivity index (χ0) is 24.0. The van der Waals surface area contributed by atoms with Crippen molar-refractivity contribution in [1.82, 2.24) is 15.0 Å². The van der Waals surface area contributed by atoms with Crippen LogP contribution in [0, 0.1) is 5.82 Å². The Labute approximate surface area is 201 Å². The zero-order valence-corrected chi connectivity index (χ0v) is 18.8. The normalized spacial score (nSPS) is 13.3. The molecule has 8 nitrogen and oxygen atoms in total. The molecule has 0 saturated carbocycles. The summed E-state index contributed by atoms with van der Waals surface area (Å²) < 4.78 is 19.5. The van der Waals surface area contributed by atoms with Crippen LogP contribution in [-0.4, -0.2) is 47.2 Å². The van der Waals surface area contributed by atoms with Gasteiger partial charge in [-0.2, -0.15) is 0 Å². The monoisotopic (exact) mass is 470 g/mol. The molecular weight excluding hydrogens is 447 g/mol. The van der Waals surface area contributed by atoms with Crippen LogP contribution in [0.25, 0.3) is 11.1 Å². The molecule has 176 valence electrons.